The Hall–Kier alpha value is -1.31. The van der Waals surface area contributed by atoms with Gasteiger partial charge in [0, 0.05) is 6.04 Å². The predicted molar refractivity (Wildman–Crippen MR) is 77.2 cm³/mol. The smallest absolute Gasteiger partial charge is 0.261 e. The minimum atomic E-state index is -0.154. The molecule has 1 aromatic heterocycles. The Kier molecular flexibility index (Phi) is 5.00. The van der Waals surface area contributed by atoms with E-state index in [0.717, 1.165) is 11.3 Å². The quantitative estimate of drug-likeness (QED) is 0.816. The maximum absolute atomic E-state index is 12.1. The van der Waals surface area contributed by atoms with Crippen molar-refractivity contribution < 1.29 is 9.90 Å². The zero-order chi connectivity index (χ0) is 13.7. The first kappa shape index (κ1) is 14.1. The van der Waals surface area contributed by atoms with Gasteiger partial charge in [0.1, 0.15) is 6.61 Å². The minimum absolute atomic E-state index is 0.000739. The SMILES string of the molecule is CC1CCCCC1NC(=O)c1ccc(C#CCO)s1. The van der Waals surface area contributed by atoms with Gasteiger partial charge in [-0.1, -0.05) is 31.6 Å². The third-order valence-electron chi connectivity index (χ3n) is 3.55. The largest absolute Gasteiger partial charge is 0.384 e. The normalized spacial score (nSPS) is 22.4. The average Bonchev–Trinajstić information content (AvgIpc) is 2.88. The molecule has 0 saturated heterocycles. The van der Waals surface area contributed by atoms with Crippen molar-refractivity contribution in [1.82, 2.24) is 5.32 Å². The number of rotatable bonds is 2. The van der Waals surface area contributed by atoms with Crippen molar-refractivity contribution in [2.45, 2.75) is 38.6 Å². The molecule has 102 valence electrons. The Morgan fingerprint density at radius 3 is 3.00 bits per heavy atom. The fourth-order valence-corrected chi connectivity index (χ4v) is 3.21. The van der Waals surface area contributed by atoms with Crippen molar-refractivity contribution in [2.75, 3.05) is 6.61 Å². The van der Waals surface area contributed by atoms with E-state index in [2.05, 4.69) is 24.1 Å². The number of thiophene rings is 1. The van der Waals surface area contributed by atoms with Gasteiger partial charge in [0.05, 0.1) is 9.75 Å². The topological polar surface area (TPSA) is 49.3 Å². The predicted octanol–water partition coefficient (Wildman–Crippen LogP) is 2.40. The zero-order valence-electron chi connectivity index (χ0n) is 11.1. The van der Waals surface area contributed by atoms with Gasteiger partial charge in [0.25, 0.3) is 5.91 Å². The number of aliphatic hydroxyl groups excluding tert-OH is 1. The summed E-state index contributed by atoms with van der Waals surface area (Å²) >= 11 is 1.37. The lowest BCUT2D eigenvalue weighted by molar-refractivity contribution is 0.0914. The molecule has 2 unspecified atom stereocenters. The lowest BCUT2D eigenvalue weighted by Gasteiger charge is -2.29. The Bertz CT molecular complexity index is 498. The van der Waals surface area contributed by atoms with E-state index in [1.54, 1.807) is 6.07 Å². The first-order valence-electron chi connectivity index (χ1n) is 6.71. The minimum Gasteiger partial charge on any atom is -0.384 e. The standard InChI is InChI=1S/C15H19NO2S/c1-11-5-2-3-7-13(11)16-15(18)14-9-8-12(19-14)6-4-10-17/h8-9,11,13,17H,2-3,5,7,10H2,1H3,(H,16,18). The van der Waals surface area contributed by atoms with Gasteiger partial charge < -0.3 is 10.4 Å². The zero-order valence-corrected chi connectivity index (χ0v) is 11.9. The van der Waals surface area contributed by atoms with Crippen LogP contribution in [0.25, 0.3) is 0 Å². The molecule has 2 rings (SSSR count). The summed E-state index contributed by atoms with van der Waals surface area (Å²) in [6.07, 6.45) is 4.75. The summed E-state index contributed by atoms with van der Waals surface area (Å²) in [6.45, 7) is 2.05. The third-order valence-corrected chi connectivity index (χ3v) is 4.55. The Morgan fingerprint density at radius 1 is 1.47 bits per heavy atom. The van der Waals surface area contributed by atoms with Gasteiger partial charge in [-0.2, -0.15) is 0 Å². The number of carbonyl (C=O) groups is 1. The second-order valence-corrected chi connectivity index (χ2v) is 6.05. The molecule has 0 aliphatic heterocycles. The second kappa shape index (κ2) is 6.74. The van der Waals surface area contributed by atoms with Crippen molar-refractivity contribution in [3.05, 3.63) is 21.9 Å². The fraction of sp³-hybridized carbons (Fsp3) is 0.533. The van der Waals surface area contributed by atoms with Gasteiger partial charge in [-0.25, -0.2) is 0 Å². The first-order chi connectivity index (χ1) is 9.20. The molecule has 0 radical (unpaired) electrons. The Balaban J connectivity index is 1.97. The summed E-state index contributed by atoms with van der Waals surface area (Å²) < 4.78 is 0. The van der Waals surface area contributed by atoms with Crippen LogP contribution in [0.3, 0.4) is 0 Å². The van der Waals surface area contributed by atoms with Crippen LogP contribution in [0.5, 0.6) is 0 Å². The Labute approximate surface area is 118 Å². The monoisotopic (exact) mass is 277 g/mol. The van der Waals surface area contributed by atoms with Crippen LogP contribution in [0.1, 0.15) is 47.2 Å². The van der Waals surface area contributed by atoms with E-state index in [-0.39, 0.29) is 12.5 Å². The van der Waals surface area contributed by atoms with Crippen LogP contribution in [-0.2, 0) is 0 Å². The highest BCUT2D eigenvalue weighted by Gasteiger charge is 2.23. The first-order valence-corrected chi connectivity index (χ1v) is 7.53. The third kappa shape index (κ3) is 3.82. The number of hydrogen-bond donors (Lipinski definition) is 2. The number of hydrogen-bond acceptors (Lipinski definition) is 3. The number of nitrogens with one attached hydrogen (secondary N) is 1. The van der Waals surface area contributed by atoms with Gasteiger partial charge >= 0.3 is 0 Å². The van der Waals surface area contributed by atoms with Crippen LogP contribution >= 0.6 is 11.3 Å². The molecular weight excluding hydrogens is 258 g/mol. The maximum Gasteiger partial charge on any atom is 0.261 e. The average molecular weight is 277 g/mol. The molecular formula is C15H19NO2S. The van der Waals surface area contributed by atoms with E-state index in [9.17, 15) is 4.79 Å². The van der Waals surface area contributed by atoms with E-state index in [1.807, 2.05) is 6.07 Å². The molecule has 2 atom stereocenters. The van der Waals surface area contributed by atoms with Gasteiger partial charge in [-0.05, 0) is 30.9 Å². The highest BCUT2D eigenvalue weighted by atomic mass is 32.1. The highest BCUT2D eigenvalue weighted by Crippen LogP contribution is 2.24. The molecule has 1 saturated carbocycles. The second-order valence-electron chi connectivity index (χ2n) is 4.97. The molecule has 0 bridgehead atoms. The highest BCUT2D eigenvalue weighted by molar-refractivity contribution is 7.14. The maximum atomic E-state index is 12.1. The molecule has 19 heavy (non-hydrogen) atoms. The van der Waals surface area contributed by atoms with Crippen molar-refractivity contribution in [1.29, 1.82) is 0 Å². The van der Waals surface area contributed by atoms with Crippen LogP contribution in [0.4, 0.5) is 0 Å². The fourth-order valence-electron chi connectivity index (χ4n) is 2.42. The lowest BCUT2D eigenvalue weighted by Crippen LogP contribution is -2.40. The van der Waals surface area contributed by atoms with Gasteiger partial charge in [0.15, 0.2) is 0 Å². The molecule has 0 aromatic carbocycles. The van der Waals surface area contributed by atoms with Crippen molar-refractivity contribution in [3.8, 4) is 11.8 Å². The molecule has 3 nitrogen and oxygen atoms in total. The summed E-state index contributed by atoms with van der Waals surface area (Å²) in [5.41, 5.74) is 0. The van der Waals surface area contributed by atoms with Crippen LogP contribution in [0, 0.1) is 17.8 Å². The molecule has 0 spiro atoms. The van der Waals surface area contributed by atoms with E-state index < -0.39 is 0 Å². The molecule has 1 fully saturated rings. The summed E-state index contributed by atoms with van der Waals surface area (Å²) in [5, 5.41) is 11.8. The number of amides is 1. The van der Waals surface area contributed by atoms with Gasteiger partial charge in [-0.3, -0.25) is 4.79 Å². The van der Waals surface area contributed by atoms with Gasteiger partial charge in [0.2, 0.25) is 0 Å². The van der Waals surface area contributed by atoms with Crippen molar-refractivity contribution >= 4 is 17.2 Å². The van der Waals surface area contributed by atoms with E-state index >= 15 is 0 Å². The van der Waals surface area contributed by atoms with E-state index in [0.29, 0.717) is 16.8 Å². The van der Waals surface area contributed by atoms with Crippen LogP contribution < -0.4 is 5.32 Å². The lowest BCUT2D eigenvalue weighted by atomic mass is 9.86. The summed E-state index contributed by atoms with van der Waals surface area (Å²) in [4.78, 5) is 13.7. The molecule has 1 heterocycles. The summed E-state index contributed by atoms with van der Waals surface area (Å²) in [7, 11) is 0. The van der Waals surface area contributed by atoms with Crippen molar-refractivity contribution in [3.63, 3.8) is 0 Å². The summed E-state index contributed by atoms with van der Waals surface area (Å²) in [6, 6.07) is 3.93. The van der Waals surface area contributed by atoms with Crippen molar-refractivity contribution in [2.24, 2.45) is 5.92 Å². The summed E-state index contributed by atoms with van der Waals surface area (Å²) in [5.74, 6) is 5.97. The molecule has 1 aliphatic rings. The van der Waals surface area contributed by atoms with Gasteiger partial charge in [-0.15, -0.1) is 11.3 Å². The van der Waals surface area contributed by atoms with E-state index in [1.165, 1.54) is 30.6 Å². The van der Waals surface area contributed by atoms with Crippen LogP contribution in [0.2, 0.25) is 0 Å². The molecule has 1 aliphatic carbocycles. The van der Waals surface area contributed by atoms with E-state index in [4.69, 9.17) is 5.11 Å². The molecule has 1 aromatic rings. The molecule has 2 N–H and O–H groups in total. The number of aliphatic hydroxyl groups is 1. The molecule has 1 amide bonds. The van der Waals surface area contributed by atoms with Crippen LogP contribution in [-0.4, -0.2) is 23.7 Å². The molecule has 4 heteroatoms. The Morgan fingerprint density at radius 2 is 2.26 bits per heavy atom. The number of carbonyl (C=O) groups excluding carboxylic acids is 1. The van der Waals surface area contributed by atoms with Crippen LogP contribution in [0.15, 0.2) is 12.1 Å².